The predicted octanol–water partition coefficient (Wildman–Crippen LogP) is 1.41. The van der Waals surface area contributed by atoms with Gasteiger partial charge in [-0.05, 0) is 45.4 Å². The van der Waals surface area contributed by atoms with Gasteiger partial charge in [0, 0.05) is 17.6 Å². The minimum Gasteiger partial charge on any atom is -0.393 e. The molecule has 19 heavy (non-hydrogen) atoms. The molecule has 0 aromatic rings. The molecule has 0 aromatic carbocycles. The van der Waals surface area contributed by atoms with Crippen molar-refractivity contribution in [2.75, 3.05) is 0 Å². The Morgan fingerprint density at radius 1 is 1.21 bits per heavy atom. The van der Waals surface area contributed by atoms with Crippen molar-refractivity contribution in [3.05, 3.63) is 0 Å². The molecule has 0 aromatic heterocycles. The molecule has 4 unspecified atom stereocenters. The summed E-state index contributed by atoms with van der Waals surface area (Å²) in [6.45, 7) is 2.04. The SMILES string of the molecule is CC1(N)CCCCC1C(=O)N1C2CCC1CC(O)C2. The molecule has 1 saturated carbocycles. The lowest BCUT2D eigenvalue weighted by molar-refractivity contribution is -0.145. The van der Waals surface area contributed by atoms with E-state index < -0.39 is 0 Å². The van der Waals surface area contributed by atoms with Crippen molar-refractivity contribution in [2.24, 2.45) is 11.7 Å². The van der Waals surface area contributed by atoms with Crippen molar-refractivity contribution in [2.45, 2.75) is 82.0 Å². The number of hydrogen-bond donors (Lipinski definition) is 2. The normalized spacial score (nSPS) is 46.4. The Hall–Kier alpha value is -0.610. The van der Waals surface area contributed by atoms with Gasteiger partial charge in [-0.1, -0.05) is 12.8 Å². The maximum Gasteiger partial charge on any atom is 0.228 e. The number of aliphatic hydroxyl groups is 1. The highest BCUT2D eigenvalue weighted by molar-refractivity contribution is 5.81. The number of rotatable bonds is 1. The summed E-state index contributed by atoms with van der Waals surface area (Å²) in [5.74, 6) is 0.253. The average Bonchev–Trinajstić information content (AvgIpc) is 2.60. The van der Waals surface area contributed by atoms with Gasteiger partial charge in [0.05, 0.1) is 12.0 Å². The van der Waals surface area contributed by atoms with E-state index in [1.54, 1.807) is 0 Å². The molecule has 3 rings (SSSR count). The molecule has 3 N–H and O–H groups in total. The summed E-state index contributed by atoms with van der Waals surface area (Å²) in [5, 5.41) is 9.84. The van der Waals surface area contributed by atoms with Crippen molar-refractivity contribution >= 4 is 5.91 Å². The van der Waals surface area contributed by atoms with E-state index in [9.17, 15) is 9.90 Å². The van der Waals surface area contributed by atoms with E-state index in [-0.39, 0.29) is 35.6 Å². The van der Waals surface area contributed by atoms with Crippen molar-refractivity contribution in [1.82, 2.24) is 4.90 Å². The van der Waals surface area contributed by atoms with Crippen LogP contribution in [0.4, 0.5) is 0 Å². The minimum absolute atomic E-state index is 0.0143. The monoisotopic (exact) mass is 266 g/mol. The van der Waals surface area contributed by atoms with Crippen molar-refractivity contribution in [3.63, 3.8) is 0 Å². The van der Waals surface area contributed by atoms with Gasteiger partial charge < -0.3 is 15.7 Å². The quantitative estimate of drug-likeness (QED) is 0.754. The first kappa shape index (κ1) is 13.4. The topological polar surface area (TPSA) is 66.6 Å². The lowest BCUT2D eigenvalue weighted by atomic mass is 9.73. The molecule has 1 aliphatic carbocycles. The van der Waals surface area contributed by atoms with E-state index in [0.717, 1.165) is 51.4 Å². The highest BCUT2D eigenvalue weighted by atomic mass is 16.3. The first-order valence-electron chi connectivity index (χ1n) is 7.78. The Labute approximate surface area is 115 Å². The zero-order valence-electron chi connectivity index (χ0n) is 11.8. The number of hydrogen-bond acceptors (Lipinski definition) is 3. The molecule has 3 fully saturated rings. The summed E-state index contributed by atoms with van der Waals surface area (Å²) in [6.07, 6.45) is 7.57. The number of carbonyl (C=O) groups is 1. The van der Waals surface area contributed by atoms with Crippen LogP contribution in [0.5, 0.6) is 0 Å². The maximum absolute atomic E-state index is 12.9. The molecule has 3 aliphatic rings. The largest absolute Gasteiger partial charge is 0.393 e. The van der Waals surface area contributed by atoms with Gasteiger partial charge in [-0.15, -0.1) is 0 Å². The highest BCUT2D eigenvalue weighted by Crippen LogP contribution is 2.40. The van der Waals surface area contributed by atoms with E-state index in [1.807, 2.05) is 6.92 Å². The average molecular weight is 266 g/mol. The zero-order valence-corrected chi connectivity index (χ0v) is 11.8. The van der Waals surface area contributed by atoms with Crippen LogP contribution in [0, 0.1) is 5.92 Å². The van der Waals surface area contributed by atoms with Gasteiger partial charge in [0.2, 0.25) is 5.91 Å². The van der Waals surface area contributed by atoms with Crippen molar-refractivity contribution in [1.29, 1.82) is 0 Å². The molecule has 4 heteroatoms. The third-order valence-electron chi connectivity index (χ3n) is 5.52. The number of aliphatic hydroxyl groups excluding tert-OH is 1. The van der Waals surface area contributed by atoms with Crippen LogP contribution in [0.15, 0.2) is 0 Å². The molecule has 2 aliphatic heterocycles. The summed E-state index contributed by atoms with van der Waals surface area (Å²) < 4.78 is 0. The van der Waals surface area contributed by atoms with Gasteiger partial charge in [-0.2, -0.15) is 0 Å². The van der Waals surface area contributed by atoms with E-state index in [1.165, 1.54) is 0 Å². The summed E-state index contributed by atoms with van der Waals surface area (Å²) in [5.41, 5.74) is 6.03. The molecule has 4 nitrogen and oxygen atoms in total. The number of piperidine rings is 1. The Kier molecular flexibility index (Phi) is 3.34. The highest BCUT2D eigenvalue weighted by Gasteiger charge is 2.48. The summed E-state index contributed by atoms with van der Waals surface area (Å²) in [4.78, 5) is 15.0. The molecular formula is C15H26N2O2. The van der Waals surface area contributed by atoms with Crippen LogP contribution in [-0.4, -0.2) is 39.6 Å². The molecule has 4 atom stereocenters. The molecule has 0 spiro atoms. The fourth-order valence-corrected chi connectivity index (χ4v) is 4.45. The zero-order chi connectivity index (χ0) is 13.6. The van der Waals surface area contributed by atoms with Gasteiger partial charge in [-0.3, -0.25) is 4.79 Å². The van der Waals surface area contributed by atoms with Gasteiger partial charge in [-0.25, -0.2) is 0 Å². The number of nitrogens with zero attached hydrogens (tertiary/aromatic N) is 1. The van der Waals surface area contributed by atoms with Crippen LogP contribution in [0.2, 0.25) is 0 Å². The van der Waals surface area contributed by atoms with Crippen LogP contribution in [0.1, 0.15) is 58.3 Å². The van der Waals surface area contributed by atoms with Crippen LogP contribution >= 0.6 is 0 Å². The van der Waals surface area contributed by atoms with Crippen LogP contribution in [-0.2, 0) is 4.79 Å². The maximum atomic E-state index is 12.9. The molecule has 108 valence electrons. The third-order valence-corrected chi connectivity index (χ3v) is 5.52. The second-order valence-electron chi connectivity index (χ2n) is 7.06. The molecule has 0 radical (unpaired) electrons. The Balaban J connectivity index is 1.77. The van der Waals surface area contributed by atoms with Crippen LogP contribution < -0.4 is 5.73 Å². The smallest absolute Gasteiger partial charge is 0.228 e. The molecule has 2 bridgehead atoms. The first-order valence-corrected chi connectivity index (χ1v) is 7.78. The molecular weight excluding hydrogens is 240 g/mol. The lowest BCUT2D eigenvalue weighted by Gasteiger charge is -2.44. The standard InChI is InChI=1S/C15H26N2O2/c1-15(16)7-3-2-4-13(15)14(19)17-10-5-6-11(17)9-12(18)8-10/h10-13,18H,2-9,16H2,1H3. The summed E-state index contributed by atoms with van der Waals surface area (Å²) >= 11 is 0. The number of amides is 1. The Bertz CT molecular complexity index is 355. The molecule has 1 amide bonds. The number of nitrogens with two attached hydrogens (primary N) is 1. The third kappa shape index (κ3) is 2.29. The molecule has 2 heterocycles. The first-order chi connectivity index (χ1) is 8.99. The minimum atomic E-state index is -0.342. The van der Waals surface area contributed by atoms with Gasteiger partial charge in [0.15, 0.2) is 0 Å². The van der Waals surface area contributed by atoms with Gasteiger partial charge in [0.1, 0.15) is 0 Å². The lowest BCUT2D eigenvalue weighted by Crippen LogP contribution is -2.57. The van der Waals surface area contributed by atoms with E-state index >= 15 is 0 Å². The number of fused-ring (bicyclic) bond motifs is 2. The Morgan fingerprint density at radius 3 is 2.42 bits per heavy atom. The van der Waals surface area contributed by atoms with Crippen LogP contribution in [0.25, 0.3) is 0 Å². The van der Waals surface area contributed by atoms with Gasteiger partial charge >= 0.3 is 0 Å². The van der Waals surface area contributed by atoms with E-state index in [0.29, 0.717) is 0 Å². The van der Waals surface area contributed by atoms with Gasteiger partial charge in [0.25, 0.3) is 0 Å². The summed E-state index contributed by atoms with van der Waals surface area (Å²) in [7, 11) is 0. The number of carbonyl (C=O) groups excluding carboxylic acids is 1. The van der Waals surface area contributed by atoms with Crippen LogP contribution in [0.3, 0.4) is 0 Å². The fraction of sp³-hybridized carbons (Fsp3) is 0.933. The second-order valence-corrected chi connectivity index (χ2v) is 7.06. The van der Waals surface area contributed by atoms with E-state index in [4.69, 9.17) is 5.73 Å². The fourth-order valence-electron chi connectivity index (χ4n) is 4.45. The summed E-state index contributed by atoms with van der Waals surface area (Å²) in [6, 6.07) is 0.526. The van der Waals surface area contributed by atoms with E-state index in [2.05, 4.69) is 4.90 Å². The molecule has 2 saturated heterocycles. The Morgan fingerprint density at radius 2 is 1.84 bits per heavy atom. The second kappa shape index (κ2) is 4.74. The van der Waals surface area contributed by atoms with Crippen molar-refractivity contribution < 1.29 is 9.90 Å². The van der Waals surface area contributed by atoms with Crippen molar-refractivity contribution in [3.8, 4) is 0 Å². The predicted molar refractivity (Wildman–Crippen MR) is 73.4 cm³/mol.